The molecule has 4 heteroatoms. The highest BCUT2D eigenvalue weighted by molar-refractivity contribution is 5.75. The van der Waals surface area contributed by atoms with Gasteiger partial charge in [0, 0.05) is 12.1 Å². The van der Waals surface area contributed by atoms with Crippen molar-refractivity contribution in [1.82, 2.24) is 4.90 Å². The lowest BCUT2D eigenvalue weighted by atomic mass is 10.1. The lowest BCUT2D eigenvalue weighted by Gasteiger charge is -2.22. The van der Waals surface area contributed by atoms with Crippen molar-refractivity contribution < 1.29 is 9.53 Å². The maximum atomic E-state index is 11.1. The average molecular weight is 264 g/mol. The number of amides is 1. The van der Waals surface area contributed by atoms with Crippen LogP contribution in [0.3, 0.4) is 0 Å². The summed E-state index contributed by atoms with van der Waals surface area (Å²) in [7, 11) is 1.67. The number of hydrogen-bond acceptors (Lipinski definition) is 3. The van der Waals surface area contributed by atoms with Crippen molar-refractivity contribution in [3.63, 3.8) is 0 Å². The topological polar surface area (TPSA) is 55.6 Å². The van der Waals surface area contributed by atoms with E-state index >= 15 is 0 Å². The fraction of sp³-hybridized carbons (Fsp3) is 0.533. The van der Waals surface area contributed by atoms with Gasteiger partial charge in [-0.1, -0.05) is 31.0 Å². The third-order valence-corrected chi connectivity index (χ3v) is 3.04. The minimum absolute atomic E-state index is 0.289. The molecular formula is C15H24N2O2. The van der Waals surface area contributed by atoms with Crippen LogP contribution in [0.5, 0.6) is 5.75 Å². The Kier molecular flexibility index (Phi) is 6.36. The minimum Gasteiger partial charge on any atom is -0.496 e. The van der Waals surface area contributed by atoms with Gasteiger partial charge in [-0.15, -0.1) is 0 Å². The monoisotopic (exact) mass is 264 g/mol. The summed E-state index contributed by atoms with van der Waals surface area (Å²) < 4.78 is 5.37. The van der Waals surface area contributed by atoms with Crippen molar-refractivity contribution in [1.29, 1.82) is 0 Å². The van der Waals surface area contributed by atoms with Gasteiger partial charge in [0.25, 0.3) is 0 Å². The number of methoxy groups -OCH3 is 1. The van der Waals surface area contributed by atoms with Gasteiger partial charge in [-0.2, -0.15) is 0 Å². The zero-order chi connectivity index (χ0) is 14.3. The van der Waals surface area contributed by atoms with E-state index in [1.165, 1.54) is 5.56 Å². The molecule has 1 rings (SSSR count). The first-order chi connectivity index (χ1) is 9.06. The van der Waals surface area contributed by atoms with Crippen molar-refractivity contribution in [3.05, 3.63) is 29.3 Å². The van der Waals surface area contributed by atoms with Gasteiger partial charge >= 0.3 is 0 Å². The van der Waals surface area contributed by atoms with Crippen LogP contribution < -0.4 is 10.5 Å². The van der Waals surface area contributed by atoms with Gasteiger partial charge < -0.3 is 10.5 Å². The summed E-state index contributed by atoms with van der Waals surface area (Å²) in [5.74, 6) is 0.569. The largest absolute Gasteiger partial charge is 0.496 e. The highest BCUT2D eigenvalue weighted by Gasteiger charge is 2.12. The van der Waals surface area contributed by atoms with E-state index in [2.05, 4.69) is 17.9 Å². The van der Waals surface area contributed by atoms with Gasteiger partial charge in [-0.3, -0.25) is 9.69 Å². The molecule has 1 aromatic carbocycles. The van der Waals surface area contributed by atoms with E-state index in [-0.39, 0.29) is 12.5 Å². The number of rotatable bonds is 8. The molecule has 0 aliphatic heterocycles. The lowest BCUT2D eigenvalue weighted by Crippen LogP contribution is -2.34. The normalized spacial score (nSPS) is 10.7. The van der Waals surface area contributed by atoms with E-state index in [1.54, 1.807) is 7.11 Å². The van der Waals surface area contributed by atoms with Gasteiger partial charge in [0.1, 0.15) is 5.75 Å². The number of unbranched alkanes of at least 4 members (excludes halogenated alkanes) is 1. The first kappa shape index (κ1) is 15.5. The van der Waals surface area contributed by atoms with Crippen LogP contribution in [0.25, 0.3) is 0 Å². The predicted octanol–water partition coefficient (Wildman–Crippen LogP) is 2.09. The van der Waals surface area contributed by atoms with E-state index in [1.807, 2.05) is 19.1 Å². The van der Waals surface area contributed by atoms with Crippen LogP contribution in [0, 0.1) is 6.92 Å². The molecular weight excluding hydrogens is 240 g/mol. The van der Waals surface area contributed by atoms with E-state index < -0.39 is 0 Å². The summed E-state index contributed by atoms with van der Waals surface area (Å²) in [5, 5.41) is 0. The third kappa shape index (κ3) is 5.30. The maximum absolute atomic E-state index is 11.1. The van der Waals surface area contributed by atoms with E-state index in [0.29, 0.717) is 6.54 Å². The SMILES string of the molecule is CCCCN(CC(N)=O)Cc1cc(C)ccc1OC. The van der Waals surface area contributed by atoms with Crippen molar-refractivity contribution >= 4 is 5.91 Å². The lowest BCUT2D eigenvalue weighted by molar-refractivity contribution is -0.119. The number of carbonyl (C=O) groups is 1. The number of hydrogen-bond donors (Lipinski definition) is 1. The molecule has 0 radical (unpaired) electrons. The van der Waals surface area contributed by atoms with E-state index in [0.717, 1.165) is 30.7 Å². The maximum Gasteiger partial charge on any atom is 0.231 e. The summed E-state index contributed by atoms with van der Waals surface area (Å²) in [6.07, 6.45) is 2.15. The number of aryl methyl sites for hydroxylation is 1. The molecule has 0 saturated carbocycles. The molecule has 1 amide bonds. The van der Waals surface area contributed by atoms with Gasteiger partial charge in [0.2, 0.25) is 5.91 Å². The first-order valence-corrected chi connectivity index (χ1v) is 6.71. The molecule has 0 bridgehead atoms. The molecule has 0 aliphatic rings. The van der Waals surface area contributed by atoms with Crippen molar-refractivity contribution in [3.8, 4) is 5.75 Å². The van der Waals surface area contributed by atoms with Crippen LogP contribution in [0.4, 0.5) is 0 Å². The fourth-order valence-corrected chi connectivity index (χ4v) is 2.09. The van der Waals surface area contributed by atoms with Crippen LogP contribution in [0.15, 0.2) is 18.2 Å². The second-order valence-corrected chi connectivity index (χ2v) is 4.85. The van der Waals surface area contributed by atoms with E-state index in [4.69, 9.17) is 10.5 Å². The molecule has 0 saturated heterocycles. The molecule has 1 aromatic rings. The molecule has 19 heavy (non-hydrogen) atoms. The number of nitrogens with two attached hydrogens (primary N) is 1. The molecule has 2 N–H and O–H groups in total. The molecule has 0 aromatic heterocycles. The summed E-state index contributed by atoms with van der Waals surface area (Å²) in [6.45, 7) is 6.03. The summed E-state index contributed by atoms with van der Waals surface area (Å²) in [5.41, 5.74) is 7.59. The Morgan fingerprint density at radius 3 is 2.74 bits per heavy atom. The van der Waals surface area contributed by atoms with Gasteiger partial charge in [-0.25, -0.2) is 0 Å². The standard InChI is InChI=1S/C15H24N2O2/c1-4-5-8-17(11-15(16)18)10-13-9-12(2)6-7-14(13)19-3/h6-7,9H,4-5,8,10-11H2,1-3H3,(H2,16,18). The van der Waals surface area contributed by atoms with Gasteiger partial charge in [0.15, 0.2) is 0 Å². The molecule has 0 aliphatic carbocycles. The minimum atomic E-state index is -0.289. The van der Waals surface area contributed by atoms with Crippen LogP contribution >= 0.6 is 0 Å². The summed E-state index contributed by atoms with van der Waals surface area (Å²) in [4.78, 5) is 13.2. The molecule has 0 fully saturated rings. The second kappa shape index (κ2) is 7.79. The molecule has 4 nitrogen and oxygen atoms in total. The fourth-order valence-electron chi connectivity index (χ4n) is 2.09. The average Bonchev–Trinajstić information content (AvgIpc) is 2.35. The Hall–Kier alpha value is -1.55. The molecule has 0 spiro atoms. The molecule has 0 unspecified atom stereocenters. The number of carbonyl (C=O) groups excluding carboxylic acids is 1. The van der Waals surface area contributed by atoms with Crippen LogP contribution in [-0.2, 0) is 11.3 Å². The van der Waals surface area contributed by atoms with Crippen LogP contribution in [0.1, 0.15) is 30.9 Å². The van der Waals surface area contributed by atoms with Crippen molar-refractivity contribution in [2.24, 2.45) is 5.73 Å². The number of nitrogens with zero attached hydrogens (tertiary/aromatic N) is 1. The molecule has 0 heterocycles. The molecule has 0 atom stereocenters. The Balaban J connectivity index is 2.81. The summed E-state index contributed by atoms with van der Waals surface area (Å²) >= 11 is 0. The zero-order valence-corrected chi connectivity index (χ0v) is 12.1. The van der Waals surface area contributed by atoms with Crippen molar-refractivity contribution in [2.75, 3.05) is 20.2 Å². The highest BCUT2D eigenvalue weighted by atomic mass is 16.5. The van der Waals surface area contributed by atoms with Gasteiger partial charge in [0.05, 0.1) is 13.7 Å². The predicted molar refractivity (Wildman–Crippen MR) is 77.1 cm³/mol. The number of benzene rings is 1. The molecule has 106 valence electrons. The van der Waals surface area contributed by atoms with Crippen LogP contribution in [0.2, 0.25) is 0 Å². The Morgan fingerprint density at radius 1 is 1.42 bits per heavy atom. The van der Waals surface area contributed by atoms with Gasteiger partial charge in [-0.05, 0) is 26.0 Å². The number of primary amides is 1. The van der Waals surface area contributed by atoms with Crippen molar-refractivity contribution in [2.45, 2.75) is 33.2 Å². The number of ether oxygens (including phenoxy) is 1. The highest BCUT2D eigenvalue weighted by Crippen LogP contribution is 2.21. The second-order valence-electron chi connectivity index (χ2n) is 4.85. The van der Waals surface area contributed by atoms with E-state index in [9.17, 15) is 4.79 Å². The smallest absolute Gasteiger partial charge is 0.231 e. The summed E-state index contributed by atoms with van der Waals surface area (Å²) in [6, 6.07) is 6.08. The van der Waals surface area contributed by atoms with Crippen LogP contribution in [-0.4, -0.2) is 31.0 Å². The quantitative estimate of drug-likeness (QED) is 0.782. The first-order valence-electron chi connectivity index (χ1n) is 6.71. The zero-order valence-electron chi connectivity index (χ0n) is 12.1. The Morgan fingerprint density at radius 2 is 2.16 bits per heavy atom. The Bertz CT molecular complexity index is 419. The third-order valence-electron chi connectivity index (χ3n) is 3.04. The Labute approximate surface area is 115 Å².